The summed E-state index contributed by atoms with van der Waals surface area (Å²) < 4.78 is 13.7. The molecule has 138 valence electrons. The average molecular weight is 386 g/mol. The van der Waals surface area contributed by atoms with Gasteiger partial charge < -0.3 is 14.5 Å². The van der Waals surface area contributed by atoms with Crippen LogP contribution in [0.3, 0.4) is 0 Å². The number of ether oxygens (including phenoxy) is 1. The van der Waals surface area contributed by atoms with Gasteiger partial charge in [0, 0.05) is 13.5 Å². The second kappa shape index (κ2) is 5.90. The Hall–Kier alpha value is -2.71. The van der Waals surface area contributed by atoms with Gasteiger partial charge in [0.05, 0.1) is 12.0 Å². The minimum atomic E-state index is 0.0358. The zero-order valence-electron chi connectivity index (χ0n) is 14.7. The van der Waals surface area contributed by atoms with Crippen molar-refractivity contribution in [1.82, 2.24) is 19.5 Å². The fraction of sp³-hybridized carbons (Fsp3) is 0.333. The number of rotatable bonds is 2. The lowest BCUT2D eigenvalue weighted by molar-refractivity contribution is -0.583. The molecule has 0 aliphatic carbocycles. The van der Waals surface area contributed by atoms with Crippen LogP contribution in [0, 0.1) is 12.1 Å². The predicted molar refractivity (Wildman–Crippen MR) is 97.5 cm³/mol. The van der Waals surface area contributed by atoms with Crippen LogP contribution in [-0.2, 0) is 4.74 Å². The normalized spacial score (nSPS) is 20.1. The third-order valence-electron chi connectivity index (χ3n) is 5.19. The fourth-order valence-corrected chi connectivity index (χ4v) is 3.99. The van der Waals surface area contributed by atoms with E-state index in [1.54, 1.807) is 25.4 Å². The monoisotopic (exact) mass is 385 g/mol. The molecule has 1 fully saturated rings. The van der Waals surface area contributed by atoms with Gasteiger partial charge in [-0.3, -0.25) is 4.40 Å². The molecule has 9 heteroatoms. The maximum absolute atomic E-state index is 12.8. The second-order valence-electron chi connectivity index (χ2n) is 6.73. The Kier molecular flexibility index (Phi) is 3.60. The summed E-state index contributed by atoms with van der Waals surface area (Å²) in [4.78, 5) is 8.99. The number of halogens is 1. The minimum Gasteiger partial charge on any atom is -0.618 e. The van der Waals surface area contributed by atoms with Crippen LogP contribution in [0.2, 0.25) is 5.02 Å². The van der Waals surface area contributed by atoms with Crippen molar-refractivity contribution in [2.45, 2.75) is 32.3 Å². The number of hydrogen-bond donors (Lipinski definition) is 0. The standard InChI is InChI=1S/C18H16ClN5O3/c1-9-15-14(17-21-18(27-22-17)11-6-7-26-10(11)2)20-8-23(15)13-5-3-4-12(19)16(13)24(9)25/h3-5,8,10-11H,6-7H2,1-2H3. The summed E-state index contributed by atoms with van der Waals surface area (Å²) in [7, 11) is 0. The molecule has 0 saturated carbocycles. The van der Waals surface area contributed by atoms with Crippen molar-refractivity contribution < 1.29 is 14.0 Å². The predicted octanol–water partition coefficient (Wildman–Crippen LogP) is 3.03. The van der Waals surface area contributed by atoms with E-state index in [0.717, 1.165) is 11.2 Å². The van der Waals surface area contributed by atoms with Crippen molar-refractivity contribution in [3.8, 4) is 11.5 Å². The maximum Gasteiger partial charge on any atom is 0.259 e. The summed E-state index contributed by atoms with van der Waals surface area (Å²) in [6.07, 6.45) is 2.53. The van der Waals surface area contributed by atoms with Crippen LogP contribution in [0.25, 0.3) is 28.1 Å². The molecule has 2 unspecified atom stereocenters. The first kappa shape index (κ1) is 16.5. The zero-order chi connectivity index (χ0) is 18.7. The van der Waals surface area contributed by atoms with Gasteiger partial charge in [-0.15, -0.1) is 0 Å². The highest BCUT2D eigenvalue weighted by Crippen LogP contribution is 2.32. The number of nitrogens with zero attached hydrogens (tertiary/aromatic N) is 5. The highest BCUT2D eigenvalue weighted by Gasteiger charge is 2.32. The first-order valence-electron chi connectivity index (χ1n) is 8.69. The number of imidazole rings is 1. The Morgan fingerprint density at radius 2 is 2.22 bits per heavy atom. The molecular weight excluding hydrogens is 370 g/mol. The van der Waals surface area contributed by atoms with Crippen LogP contribution in [0.1, 0.15) is 30.8 Å². The number of para-hydroxylation sites is 1. The average Bonchev–Trinajstić information content (AvgIpc) is 3.37. The van der Waals surface area contributed by atoms with Gasteiger partial charge in [-0.05, 0) is 25.5 Å². The van der Waals surface area contributed by atoms with E-state index >= 15 is 0 Å². The van der Waals surface area contributed by atoms with Crippen LogP contribution in [-0.4, -0.2) is 32.2 Å². The summed E-state index contributed by atoms with van der Waals surface area (Å²) >= 11 is 6.24. The van der Waals surface area contributed by atoms with Gasteiger partial charge in [0.25, 0.3) is 5.52 Å². The highest BCUT2D eigenvalue weighted by molar-refractivity contribution is 6.34. The van der Waals surface area contributed by atoms with E-state index in [-0.39, 0.29) is 12.0 Å². The molecule has 8 nitrogen and oxygen atoms in total. The number of hydrogen-bond acceptors (Lipinski definition) is 6. The molecule has 3 aromatic heterocycles. The number of fused-ring (bicyclic) bond motifs is 3. The summed E-state index contributed by atoms with van der Waals surface area (Å²) in [5.74, 6) is 0.967. The van der Waals surface area contributed by atoms with E-state index in [1.165, 1.54) is 0 Å². The van der Waals surface area contributed by atoms with Crippen molar-refractivity contribution in [3.63, 3.8) is 0 Å². The smallest absolute Gasteiger partial charge is 0.259 e. The van der Waals surface area contributed by atoms with Gasteiger partial charge in [0.2, 0.25) is 17.4 Å². The zero-order valence-corrected chi connectivity index (χ0v) is 15.5. The minimum absolute atomic E-state index is 0.0358. The molecule has 0 spiro atoms. The maximum atomic E-state index is 12.8. The third-order valence-corrected chi connectivity index (χ3v) is 5.49. The van der Waals surface area contributed by atoms with Crippen molar-refractivity contribution in [2.24, 2.45) is 0 Å². The van der Waals surface area contributed by atoms with Gasteiger partial charge >= 0.3 is 0 Å². The molecule has 4 aromatic rings. The molecule has 1 aliphatic heterocycles. The molecule has 1 saturated heterocycles. The van der Waals surface area contributed by atoms with Gasteiger partial charge in [-0.1, -0.05) is 22.8 Å². The number of benzene rings is 1. The summed E-state index contributed by atoms with van der Waals surface area (Å²) in [6.45, 7) is 4.40. The molecule has 1 aliphatic rings. The first-order chi connectivity index (χ1) is 13.1. The van der Waals surface area contributed by atoms with Gasteiger partial charge in [-0.25, -0.2) is 4.98 Å². The summed E-state index contributed by atoms with van der Waals surface area (Å²) in [6, 6.07) is 5.32. The molecule has 4 heterocycles. The Labute approximate surface area is 158 Å². The Morgan fingerprint density at radius 1 is 1.37 bits per heavy atom. The molecule has 2 atom stereocenters. The van der Waals surface area contributed by atoms with Crippen LogP contribution in [0.15, 0.2) is 29.0 Å². The number of aromatic nitrogens is 5. The van der Waals surface area contributed by atoms with Crippen molar-refractivity contribution in [1.29, 1.82) is 0 Å². The Morgan fingerprint density at radius 3 is 3.00 bits per heavy atom. The van der Waals surface area contributed by atoms with Crippen LogP contribution < -0.4 is 4.73 Å². The quantitative estimate of drug-likeness (QED) is 0.389. The second-order valence-corrected chi connectivity index (χ2v) is 7.13. The van der Waals surface area contributed by atoms with Crippen LogP contribution in [0.5, 0.6) is 0 Å². The van der Waals surface area contributed by atoms with Gasteiger partial charge in [-0.2, -0.15) is 9.71 Å². The van der Waals surface area contributed by atoms with E-state index in [0.29, 0.717) is 51.3 Å². The van der Waals surface area contributed by atoms with Crippen molar-refractivity contribution in [3.05, 3.63) is 46.3 Å². The molecule has 0 bridgehead atoms. The summed E-state index contributed by atoms with van der Waals surface area (Å²) in [5, 5.41) is 17.3. The highest BCUT2D eigenvalue weighted by atomic mass is 35.5. The van der Waals surface area contributed by atoms with Gasteiger partial charge in [0.1, 0.15) is 28.1 Å². The molecule has 0 amide bonds. The van der Waals surface area contributed by atoms with E-state index in [9.17, 15) is 5.21 Å². The Bertz CT molecular complexity index is 1180. The number of aryl methyl sites for hydroxylation is 1. The van der Waals surface area contributed by atoms with Gasteiger partial charge in [0.15, 0.2) is 0 Å². The van der Waals surface area contributed by atoms with Crippen molar-refractivity contribution in [2.75, 3.05) is 6.61 Å². The summed E-state index contributed by atoms with van der Waals surface area (Å²) in [5.41, 5.74) is 2.66. The third kappa shape index (κ3) is 2.33. The lowest BCUT2D eigenvalue weighted by Crippen LogP contribution is -2.32. The SMILES string of the molecule is Cc1c2c(-c3noc(C4CCOC4C)n3)ncn2c2cccc(Cl)c2[n+]1[O-]. The van der Waals surface area contributed by atoms with E-state index in [1.807, 2.05) is 17.4 Å². The molecule has 1 aromatic carbocycles. The van der Waals surface area contributed by atoms with E-state index in [2.05, 4.69) is 15.1 Å². The van der Waals surface area contributed by atoms with Crippen LogP contribution >= 0.6 is 11.6 Å². The fourth-order valence-electron chi connectivity index (χ4n) is 3.74. The Balaban J connectivity index is 1.72. The lowest BCUT2D eigenvalue weighted by atomic mass is 10.0. The van der Waals surface area contributed by atoms with Crippen molar-refractivity contribution >= 4 is 28.2 Å². The topological polar surface area (TPSA) is 92.4 Å². The molecule has 0 radical (unpaired) electrons. The van der Waals surface area contributed by atoms with Crippen LogP contribution in [0.4, 0.5) is 0 Å². The molecular formula is C18H16ClN5O3. The molecule has 27 heavy (non-hydrogen) atoms. The largest absolute Gasteiger partial charge is 0.618 e. The van der Waals surface area contributed by atoms with E-state index in [4.69, 9.17) is 20.9 Å². The lowest BCUT2D eigenvalue weighted by Gasteiger charge is -2.09. The first-order valence-corrected chi connectivity index (χ1v) is 9.07. The van der Waals surface area contributed by atoms with E-state index < -0.39 is 0 Å². The molecule has 0 N–H and O–H groups in total. The molecule has 5 rings (SSSR count).